The third-order valence-electron chi connectivity index (χ3n) is 5.52. The molecule has 0 atom stereocenters. The third kappa shape index (κ3) is 6.70. The largest absolute Gasteiger partial charge is 1.00 e. The van der Waals surface area contributed by atoms with Crippen molar-refractivity contribution in [1.82, 2.24) is 0 Å². The quantitative estimate of drug-likeness (QED) is 0.192. The maximum absolute atomic E-state index is 2.31. The summed E-state index contributed by atoms with van der Waals surface area (Å²) in [7, 11) is 0. The van der Waals surface area contributed by atoms with Crippen molar-refractivity contribution in [1.29, 1.82) is 0 Å². The van der Waals surface area contributed by atoms with Gasteiger partial charge in [0.15, 0.2) is 0 Å². The summed E-state index contributed by atoms with van der Waals surface area (Å²) in [6.45, 7) is 8.91. The normalized spacial score (nSPS) is 10.1. The van der Waals surface area contributed by atoms with Gasteiger partial charge in [0.1, 0.15) is 0 Å². The standard InChI is InChI=1S/2C14H11.C2H6Si.2ClH.Zr/c2*1-10-8-12-7-6-11-4-2-3-5-13(11)14(12)9-10;1-3-2;;;/h2*2-9H,1H3;1-2H3;2*1H;/q2*-1;;;;+2/p-2. The number of hydrogen-bond acceptors (Lipinski definition) is 0. The molecule has 0 heterocycles. The van der Waals surface area contributed by atoms with Crippen molar-refractivity contribution >= 4 is 48.5 Å². The molecule has 0 aromatic heterocycles. The second-order valence-electron chi connectivity index (χ2n) is 8.64. The molecule has 0 N–H and O–H groups in total. The second kappa shape index (κ2) is 12.8. The molecule has 172 valence electrons. The summed E-state index contributed by atoms with van der Waals surface area (Å²) in [5.41, 5.74) is 2.90. The average molecular weight is 579 g/mol. The van der Waals surface area contributed by atoms with E-state index in [9.17, 15) is 0 Å². The molecule has 0 saturated carbocycles. The zero-order valence-electron chi connectivity index (χ0n) is 20.0. The van der Waals surface area contributed by atoms with Gasteiger partial charge in [0.05, 0.1) is 0 Å². The van der Waals surface area contributed by atoms with Crippen LogP contribution < -0.4 is 24.8 Å². The average Bonchev–Trinajstić information content (AvgIpc) is 3.35. The van der Waals surface area contributed by atoms with E-state index in [1.165, 1.54) is 54.2 Å². The van der Waals surface area contributed by atoms with Gasteiger partial charge in [-0.3, -0.25) is 0 Å². The van der Waals surface area contributed by atoms with Gasteiger partial charge in [0.25, 0.3) is 0 Å². The smallest absolute Gasteiger partial charge is 0.0370 e. The van der Waals surface area contributed by atoms with Gasteiger partial charge in [-0.15, -0.1) is 56.9 Å². The summed E-state index contributed by atoms with van der Waals surface area (Å²) in [5, 5.41) is 10.8. The van der Waals surface area contributed by atoms with Crippen LogP contribution in [0.1, 0.15) is 11.1 Å². The van der Waals surface area contributed by atoms with Crippen LogP contribution in [-0.2, 0) is 23.3 Å². The van der Waals surface area contributed by atoms with Gasteiger partial charge < -0.3 is 24.8 Å². The molecule has 0 unspecified atom stereocenters. The Balaban J connectivity index is 0.000000198. The van der Waals surface area contributed by atoms with Crippen LogP contribution in [0.3, 0.4) is 0 Å². The fourth-order valence-electron chi connectivity index (χ4n) is 4.23. The van der Waals surface area contributed by atoms with E-state index in [1.807, 2.05) is 0 Å². The Hall–Kier alpha value is -1.70. The number of halogens is 2. The van der Waals surface area contributed by atoms with E-state index in [-0.39, 0.29) is 30.2 Å². The summed E-state index contributed by atoms with van der Waals surface area (Å²) < 4.78 is 0. The molecule has 0 aliphatic rings. The molecule has 0 bridgehead atoms. The summed E-state index contributed by atoms with van der Waals surface area (Å²) in [6.07, 6.45) is 0. The predicted molar refractivity (Wildman–Crippen MR) is 141 cm³/mol. The van der Waals surface area contributed by atoms with Crippen LogP contribution in [0.2, 0.25) is 13.1 Å². The maximum Gasteiger partial charge on any atom is -0.0370 e. The summed E-state index contributed by atoms with van der Waals surface area (Å²) >= 11 is 1.74. The fourth-order valence-corrected chi connectivity index (χ4v) is 4.23. The van der Waals surface area contributed by atoms with Crippen molar-refractivity contribution in [3.63, 3.8) is 0 Å². The molecule has 0 aliphatic carbocycles. The number of benzene rings is 4. The van der Waals surface area contributed by atoms with Gasteiger partial charge >= 0.3 is 41.9 Å². The Labute approximate surface area is 230 Å². The van der Waals surface area contributed by atoms with Crippen LogP contribution in [-0.4, -0.2) is 5.43 Å². The molecule has 6 rings (SSSR count). The number of rotatable bonds is 0. The third-order valence-corrected chi connectivity index (χ3v) is 5.52. The van der Waals surface area contributed by atoms with E-state index in [0.29, 0.717) is 0 Å². The number of hydrogen-bond donors (Lipinski definition) is 0. The van der Waals surface area contributed by atoms with Crippen LogP contribution in [0.15, 0.2) is 97.1 Å². The zero-order valence-corrected chi connectivity index (χ0v) is 25.0. The van der Waals surface area contributed by atoms with Gasteiger partial charge in [-0.25, -0.2) is 0 Å². The van der Waals surface area contributed by atoms with Crippen LogP contribution in [0.4, 0.5) is 0 Å². The van der Waals surface area contributed by atoms with Gasteiger partial charge in [-0.1, -0.05) is 85.3 Å². The summed E-state index contributed by atoms with van der Waals surface area (Å²) in [6, 6.07) is 34.9. The predicted octanol–water partition coefficient (Wildman–Crippen LogP) is 2.83. The van der Waals surface area contributed by atoms with Gasteiger partial charge in [0, 0.05) is 0 Å². The van der Waals surface area contributed by atoms with E-state index in [0.717, 1.165) is 0 Å². The van der Waals surface area contributed by atoms with Crippen molar-refractivity contribution in [2.45, 2.75) is 26.9 Å². The van der Waals surface area contributed by atoms with E-state index >= 15 is 0 Å². The summed E-state index contributed by atoms with van der Waals surface area (Å²) in [5.74, 6) is 0. The Kier molecular flexibility index (Phi) is 10.8. The van der Waals surface area contributed by atoms with Gasteiger partial charge in [0.2, 0.25) is 0 Å². The molecular formula is C30H28Cl2SiZr-2. The minimum Gasteiger partial charge on any atom is -1.00 e. The Morgan fingerprint density at radius 1 is 0.559 bits per heavy atom. The van der Waals surface area contributed by atoms with E-state index in [4.69, 9.17) is 0 Å². The number of fused-ring (bicyclic) bond motifs is 6. The molecular weight excluding hydrogens is 551 g/mol. The first kappa shape index (κ1) is 28.5. The topological polar surface area (TPSA) is 0 Å². The van der Waals surface area contributed by atoms with Crippen molar-refractivity contribution in [2.75, 3.05) is 0 Å². The first-order valence-corrected chi connectivity index (χ1v) is 17.2. The molecule has 0 fully saturated rings. The molecule has 6 aromatic rings. The van der Waals surface area contributed by atoms with E-state index in [1.54, 1.807) is 23.3 Å². The Bertz CT molecular complexity index is 1430. The van der Waals surface area contributed by atoms with Crippen molar-refractivity contribution < 1.29 is 48.1 Å². The molecule has 0 radical (unpaired) electrons. The maximum atomic E-state index is 2.31. The van der Waals surface area contributed by atoms with Crippen LogP contribution >= 0.6 is 0 Å². The molecule has 0 spiro atoms. The minimum absolute atomic E-state index is 0. The zero-order chi connectivity index (χ0) is 22.7. The van der Waals surface area contributed by atoms with Crippen molar-refractivity contribution in [2.24, 2.45) is 0 Å². The van der Waals surface area contributed by atoms with Crippen molar-refractivity contribution in [3.05, 3.63) is 108 Å². The first-order valence-electron chi connectivity index (χ1n) is 11.0. The van der Waals surface area contributed by atoms with Gasteiger partial charge in [-0.05, 0) is 10.8 Å². The molecule has 0 saturated heterocycles. The molecule has 6 aromatic carbocycles. The Morgan fingerprint density at radius 3 is 1.29 bits per heavy atom. The van der Waals surface area contributed by atoms with Crippen molar-refractivity contribution in [3.8, 4) is 0 Å². The second-order valence-corrected chi connectivity index (χ2v) is 18.0. The minimum atomic E-state index is 0. The van der Waals surface area contributed by atoms with E-state index in [2.05, 4.69) is 124 Å². The van der Waals surface area contributed by atoms with E-state index < -0.39 is 0 Å². The molecule has 0 nitrogen and oxygen atoms in total. The van der Waals surface area contributed by atoms with Gasteiger partial charge in [-0.2, -0.15) is 12.1 Å². The molecule has 0 amide bonds. The number of aryl methyl sites for hydroxylation is 2. The molecule has 4 heteroatoms. The molecule has 0 aliphatic heterocycles. The first-order chi connectivity index (χ1) is 15.4. The fraction of sp³-hybridized carbons (Fsp3) is 0.133. The Morgan fingerprint density at radius 2 is 0.912 bits per heavy atom. The molecule has 34 heavy (non-hydrogen) atoms. The monoisotopic (exact) mass is 576 g/mol. The van der Waals surface area contributed by atoms with Crippen LogP contribution in [0.5, 0.6) is 0 Å². The van der Waals surface area contributed by atoms with Crippen LogP contribution in [0, 0.1) is 13.8 Å². The van der Waals surface area contributed by atoms with Crippen LogP contribution in [0.25, 0.3) is 43.1 Å². The summed E-state index contributed by atoms with van der Waals surface area (Å²) in [4.78, 5) is 0. The SMILES string of the molecule is C[Si](C)=[Zr+2].Cc1cc2c(ccc3ccccc32)[cH-]1.Cc1cc2c(ccc3ccccc32)[cH-]1.[Cl-].[Cl-].